The van der Waals surface area contributed by atoms with Gasteiger partial charge in [0.15, 0.2) is 17.2 Å². The van der Waals surface area contributed by atoms with Gasteiger partial charge in [0.05, 0.1) is 30.0 Å². The first kappa shape index (κ1) is 24.2. The first-order chi connectivity index (χ1) is 16.1. The summed E-state index contributed by atoms with van der Waals surface area (Å²) < 4.78 is 71.9. The maximum atomic E-state index is 13.2. The molecule has 7 nitrogen and oxygen atoms in total. The molecule has 0 amide bonds. The number of methoxy groups -OCH3 is 2. The van der Waals surface area contributed by atoms with Crippen molar-refractivity contribution < 1.29 is 36.1 Å². The lowest BCUT2D eigenvalue weighted by atomic mass is 9.88. The van der Waals surface area contributed by atoms with Crippen molar-refractivity contribution in [3.63, 3.8) is 0 Å². The van der Waals surface area contributed by atoms with Gasteiger partial charge in [0.25, 0.3) is 0 Å². The molecule has 0 aromatic heterocycles. The Bertz CT molecular complexity index is 1350. The molecule has 0 spiro atoms. The van der Waals surface area contributed by atoms with Crippen LogP contribution in [0.4, 0.5) is 8.78 Å². The van der Waals surface area contributed by atoms with E-state index in [1.165, 1.54) is 14.2 Å². The average Bonchev–Trinajstić information content (AvgIpc) is 2.78. The Morgan fingerprint density at radius 3 is 2.44 bits per heavy atom. The molecule has 1 unspecified atom stereocenters. The van der Waals surface area contributed by atoms with Crippen LogP contribution >= 0.6 is 15.9 Å². The quantitative estimate of drug-likeness (QED) is 0.440. The highest BCUT2D eigenvalue weighted by Crippen LogP contribution is 2.52. The summed E-state index contributed by atoms with van der Waals surface area (Å²) in [5.41, 5.74) is 2.53. The van der Waals surface area contributed by atoms with E-state index in [4.69, 9.17) is 24.1 Å². The Morgan fingerprint density at radius 2 is 1.79 bits per heavy atom. The molecule has 0 aliphatic carbocycles. The maximum absolute atomic E-state index is 13.2. The Kier molecular flexibility index (Phi) is 6.70. The smallest absolute Gasteiger partial charge is 0.387 e. The number of halogens is 3. The molecule has 0 saturated heterocycles. The van der Waals surface area contributed by atoms with Gasteiger partial charge in [-0.3, -0.25) is 0 Å². The summed E-state index contributed by atoms with van der Waals surface area (Å²) in [6, 6.07) is 13.3. The molecule has 4 rings (SSSR count). The highest BCUT2D eigenvalue weighted by atomic mass is 79.9. The number of hydrogen-bond acceptors (Lipinski definition) is 6. The first-order valence-electron chi connectivity index (χ1n) is 9.91. The molecule has 0 saturated carbocycles. The predicted octanol–water partition coefficient (Wildman–Crippen LogP) is 5.01. The summed E-state index contributed by atoms with van der Waals surface area (Å²) in [6.45, 7) is -3.06. The Labute approximate surface area is 203 Å². The molecule has 34 heavy (non-hydrogen) atoms. The van der Waals surface area contributed by atoms with Gasteiger partial charge in [-0.1, -0.05) is 24.3 Å². The summed E-state index contributed by atoms with van der Waals surface area (Å²) in [7, 11) is -0.787. The van der Waals surface area contributed by atoms with Crippen molar-refractivity contribution in [2.24, 2.45) is 5.14 Å². The SMILES string of the molecule is COc1ccc(C2Oc3ccc(Br)c(OC(F)F)c3-c3ccc(CS(N)(=O)=O)cc32)cc1OC. The molecule has 1 aliphatic heterocycles. The molecule has 1 aliphatic rings. The molecule has 0 fully saturated rings. The molecule has 1 heterocycles. The minimum atomic E-state index is -3.81. The fourth-order valence-corrected chi connectivity index (χ4v) is 5.00. The Hall–Kier alpha value is -2.89. The molecular formula is C23H20BrF2NO6S. The van der Waals surface area contributed by atoms with E-state index in [0.29, 0.717) is 49.5 Å². The van der Waals surface area contributed by atoms with Crippen LogP contribution in [0.5, 0.6) is 23.0 Å². The van der Waals surface area contributed by atoms with Crippen molar-refractivity contribution in [1.82, 2.24) is 0 Å². The summed E-state index contributed by atoms with van der Waals surface area (Å²) in [5, 5.41) is 5.24. The van der Waals surface area contributed by atoms with E-state index in [1.807, 2.05) is 0 Å². The largest absolute Gasteiger partial charge is 0.493 e. The Balaban J connectivity index is 1.94. The lowest BCUT2D eigenvalue weighted by Gasteiger charge is -2.31. The van der Waals surface area contributed by atoms with Crippen molar-refractivity contribution >= 4 is 26.0 Å². The highest BCUT2D eigenvalue weighted by Gasteiger charge is 2.32. The molecule has 2 N–H and O–H groups in total. The molecular weight excluding hydrogens is 536 g/mol. The van der Waals surface area contributed by atoms with Gasteiger partial charge in [0.1, 0.15) is 11.9 Å². The minimum Gasteiger partial charge on any atom is -0.493 e. The number of hydrogen-bond donors (Lipinski definition) is 1. The number of alkyl halides is 2. The van der Waals surface area contributed by atoms with Crippen molar-refractivity contribution in [2.75, 3.05) is 14.2 Å². The summed E-state index contributed by atoms with van der Waals surface area (Å²) in [4.78, 5) is 0. The van der Waals surface area contributed by atoms with Gasteiger partial charge in [-0.2, -0.15) is 8.78 Å². The predicted molar refractivity (Wildman–Crippen MR) is 125 cm³/mol. The van der Waals surface area contributed by atoms with Crippen molar-refractivity contribution in [3.05, 3.63) is 69.7 Å². The topological polar surface area (TPSA) is 97.1 Å². The van der Waals surface area contributed by atoms with Crippen LogP contribution in [0, 0.1) is 0 Å². The van der Waals surface area contributed by atoms with E-state index < -0.39 is 28.5 Å². The zero-order valence-electron chi connectivity index (χ0n) is 18.0. The monoisotopic (exact) mass is 555 g/mol. The second-order valence-electron chi connectivity index (χ2n) is 7.47. The van der Waals surface area contributed by atoms with Crippen LogP contribution in [0.1, 0.15) is 22.8 Å². The molecule has 0 radical (unpaired) electrons. The lowest BCUT2D eigenvalue weighted by molar-refractivity contribution is -0.0501. The van der Waals surface area contributed by atoms with Crippen LogP contribution in [0.2, 0.25) is 0 Å². The van der Waals surface area contributed by atoms with Crippen LogP contribution < -0.4 is 24.1 Å². The normalized spacial score (nSPS) is 14.7. The van der Waals surface area contributed by atoms with Gasteiger partial charge >= 0.3 is 6.61 Å². The van der Waals surface area contributed by atoms with Crippen molar-refractivity contribution in [3.8, 4) is 34.1 Å². The van der Waals surface area contributed by atoms with Gasteiger partial charge in [0.2, 0.25) is 10.0 Å². The molecule has 11 heteroatoms. The first-order valence-corrected chi connectivity index (χ1v) is 12.4. The van der Waals surface area contributed by atoms with Gasteiger partial charge in [-0.15, -0.1) is 0 Å². The van der Waals surface area contributed by atoms with Crippen molar-refractivity contribution in [2.45, 2.75) is 18.5 Å². The number of sulfonamides is 1. The summed E-state index contributed by atoms with van der Waals surface area (Å²) in [5.74, 6) is 0.824. The van der Waals surface area contributed by atoms with Crippen LogP contribution in [0.25, 0.3) is 11.1 Å². The second kappa shape index (κ2) is 9.40. The number of primary sulfonamides is 1. The van der Waals surface area contributed by atoms with Crippen LogP contribution in [0.15, 0.2) is 53.0 Å². The average molecular weight is 556 g/mol. The molecule has 3 aromatic carbocycles. The number of nitrogens with two attached hydrogens (primary N) is 1. The van der Waals surface area contributed by atoms with Crippen LogP contribution in [0.3, 0.4) is 0 Å². The summed E-state index contributed by atoms with van der Waals surface area (Å²) in [6.07, 6.45) is -0.705. The van der Waals surface area contributed by atoms with E-state index >= 15 is 0 Å². The fourth-order valence-electron chi connectivity index (χ4n) is 3.93. The van der Waals surface area contributed by atoms with E-state index in [0.717, 1.165) is 0 Å². The number of rotatable bonds is 7. The molecule has 180 valence electrons. The van der Waals surface area contributed by atoms with Gasteiger partial charge in [0, 0.05) is 11.1 Å². The van der Waals surface area contributed by atoms with Crippen LogP contribution in [-0.4, -0.2) is 29.2 Å². The molecule has 1 atom stereocenters. The van der Waals surface area contributed by atoms with E-state index in [-0.39, 0.29) is 5.75 Å². The van der Waals surface area contributed by atoms with Gasteiger partial charge in [-0.25, -0.2) is 13.6 Å². The third-order valence-corrected chi connectivity index (χ3v) is 6.63. The van der Waals surface area contributed by atoms with Crippen molar-refractivity contribution in [1.29, 1.82) is 0 Å². The standard InChI is InChI=1S/C23H20BrF2NO6S/c1-30-17-7-4-13(10-19(17)31-2)21-15-9-12(11-34(27,28)29)3-5-14(15)20-18(32-21)8-6-16(24)22(20)33-23(25)26/h3-10,21,23H,11H2,1-2H3,(H2,27,28,29). The summed E-state index contributed by atoms with van der Waals surface area (Å²) >= 11 is 3.26. The van der Waals surface area contributed by atoms with Gasteiger partial charge in [-0.05, 0) is 51.3 Å². The zero-order chi connectivity index (χ0) is 24.6. The third kappa shape index (κ3) is 4.82. The lowest BCUT2D eigenvalue weighted by Crippen LogP contribution is -2.19. The highest BCUT2D eigenvalue weighted by molar-refractivity contribution is 9.10. The van der Waals surface area contributed by atoms with Gasteiger partial charge < -0.3 is 18.9 Å². The molecule has 3 aromatic rings. The maximum Gasteiger partial charge on any atom is 0.387 e. The zero-order valence-corrected chi connectivity index (χ0v) is 20.5. The molecule has 0 bridgehead atoms. The van der Waals surface area contributed by atoms with E-state index in [9.17, 15) is 17.2 Å². The van der Waals surface area contributed by atoms with E-state index in [1.54, 1.807) is 48.5 Å². The minimum absolute atomic E-state index is 0.0845. The fraction of sp³-hybridized carbons (Fsp3) is 0.217. The van der Waals surface area contributed by atoms with Crippen LogP contribution in [-0.2, 0) is 15.8 Å². The van der Waals surface area contributed by atoms with E-state index in [2.05, 4.69) is 15.9 Å². The number of fused-ring (bicyclic) bond motifs is 3. The third-order valence-electron chi connectivity index (χ3n) is 5.27. The number of benzene rings is 3. The Morgan fingerprint density at radius 1 is 1.06 bits per heavy atom. The number of ether oxygens (including phenoxy) is 4. The second-order valence-corrected chi connectivity index (χ2v) is 9.94.